The molecule has 164 valence electrons. The van der Waals surface area contributed by atoms with E-state index in [1.165, 1.54) is 11.1 Å². The molecule has 0 bridgehead atoms. The number of anilines is 1. The summed E-state index contributed by atoms with van der Waals surface area (Å²) < 4.78 is 10.9. The molecule has 3 aromatic rings. The number of carbonyl (C=O) groups excluding carboxylic acids is 1. The topological polar surface area (TPSA) is 84.9 Å². The summed E-state index contributed by atoms with van der Waals surface area (Å²) in [5.74, 6) is -0.265. The molecule has 0 saturated heterocycles. The highest BCUT2D eigenvalue weighted by atomic mass is 16.5. The number of rotatable bonds is 8. The first kappa shape index (κ1) is 21.4. The minimum Gasteiger partial charge on any atom is -0.497 e. The van der Waals surface area contributed by atoms with Crippen molar-refractivity contribution in [3.8, 4) is 16.9 Å². The van der Waals surface area contributed by atoms with E-state index in [9.17, 15) is 9.59 Å². The molecule has 0 atom stereocenters. The van der Waals surface area contributed by atoms with Crippen molar-refractivity contribution >= 4 is 17.7 Å². The molecule has 0 heterocycles. The monoisotopic (exact) mass is 431 g/mol. The van der Waals surface area contributed by atoms with Crippen molar-refractivity contribution in [2.45, 2.75) is 25.2 Å². The Morgan fingerprint density at radius 3 is 2.25 bits per heavy atom. The Morgan fingerprint density at radius 1 is 0.969 bits per heavy atom. The van der Waals surface area contributed by atoms with Crippen molar-refractivity contribution in [3.05, 3.63) is 83.4 Å². The van der Waals surface area contributed by atoms with Gasteiger partial charge in [0, 0.05) is 18.4 Å². The van der Waals surface area contributed by atoms with E-state index in [0.717, 1.165) is 16.7 Å². The Morgan fingerprint density at radius 2 is 1.62 bits per heavy atom. The van der Waals surface area contributed by atoms with Crippen LogP contribution in [0.4, 0.5) is 10.5 Å². The second-order valence-corrected chi connectivity index (χ2v) is 7.72. The number of amides is 1. The summed E-state index contributed by atoms with van der Waals surface area (Å²) in [6.45, 7) is 0.220. The lowest BCUT2D eigenvalue weighted by Crippen LogP contribution is -2.18. The molecule has 0 saturated carbocycles. The molecule has 2 N–H and O–H groups in total. The van der Waals surface area contributed by atoms with E-state index in [4.69, 9.17) is 14.6 Å². The molecule has 3 aromatic carbocycles. The zero-order valence-corrected chi connectivity index (χ0v) is 17.8. The fraction of sp³-hybridized carbons (Fsp3) is 0.231. The normalized spacial score (nSPS) is 12.0. The van der Waals surface area contributed by atoms with Crippen molar-refractivity contribution < 1.29 is 24.2 Å². The van der Waals surface area contributed by atoms with E-state index >= 15 is 0 Å². The number of aryl methyl sites for hydroxylation is 1. The van der Waals surface area contributed by atoms with E-state index in [1.54, 1.807) is 19.2 Å². The number of ether oxygens (including phenoxy) is 2. The average molecular weight is 431 g/mol. The standard InChI is InChI=1S/C26H25NO5/c1-31-18-14-13-17(7-6-12-25(28)29)24(15-18)27-26(30)32-16-23-21-10-4-2-8-19(21)20-9-3-5-11-22(20)23/h2-5,8-11,13-15,23H,6-7,12,16H2,1H3,(H,27,30)(H,28,29). The van der Waals surface area contributed by atoms with Gasteiger partial charge in [-0.15, -0.1) is 0 Å². The van der Waals surface area contributed by atoms with E-state index in [2.05, 4.69) is 29.6 Å². The molecular weight excluding hydrogens is 406 g/mol. The zero-order chi connectivity index (χ0) is 22.5. The molecule has 4 rings (SSSR count). The van der Waals surface area contributed by atoms with Gasteiger partial charge in [0.15, 0.2) is 0 Å². The Kier molecular flexibility index (Phi) is 6.40. The highest BCUT2D eigenvalue weighted by molar-refractivity contribution is 5.86. The predicted octanol–water partition coefficient (Wildman–Crippen LogP) is 5.46. The summed E-state index contributed by atoms with van der Waals surface area (Å²) in [6.07, 6.45) is 0.506. The first-order chi connectivity index (χ1) is 15.6. The minimum atomic E-state index is -0.843. The number of carboxylic acid groups (broad SMARTS) is 1. The van der Waals surface area contributed by atoms with Gasteiger partial charge in [-0.2, -0.15) is 0 Å². The Balaban J connectivity index is 1.46. The molecule has 1 amide bonds. The maximum absolute atomic E-state index is 12.7. The molecule has 1 aliphatic carbocycles. The number of nitrogens with one attached hydrogen (secondary N) is 1. The number of hydrogen-bond acceptors (Lipinski definition) is 4. The molecule has 6 heteroatoms. The summed E-state index contributed by atoms with van der Waals surface area (Å²) >= 11 is 0. The molecule has 0 spiro atoms. The summed E-state index contributed by atoms with van der Waals surface area (Å²) in [7, 11) is 1.55. The quantitative estimate of drug-likeness (QED) is 0.494. The van der Waals surface area contributed by atoms with Crippen LogP contribution in [0, 0.1) is 0 Å². The summed E-state index contributed by atoms with van der Waals surface area (Å²) in [5.41, 5.74) is 6.04. The third kappa shape index (κ3) is 4.59. The smallest absolute Gasteiger partial charge is 0.411 e. The third-order valence-electron chi connectivity index (χ3n) is 5.73. The maximum atomic E-state index is 12.7. The van der Waals surface area contributed by atoms with Crippen molar-refractivity contribution in [1.82, 2.24) is 0 Å². The van der Waals surface area contributed by atoms with Crippen LogP contribution in [0.1, 0.15) is 35.4 Å². The molecule has 0 radical (unpaired) electrons. The van der Waals surface area contributed by atoms with Crippen LogP contribution in [0.2, 0.25) is 0 Å². The second kappa shape index (κ2) is 9.56. The van der Waals surface area contributed by atoms with Crippen LogP contribution in [0.15, 0.2) is 66.7 Å². The van der Waals surface area contributed by atoms with Crippen molar-refractivity contribution in [1.29, 1.82) is 0 Å². The lowest BCUT2D eigenvalue weighted by atomic mass is 9.98. The summed E-state index contributed by atoms with van der Waals surface area (Å²) in [5, 5.41) is 11.7. The van der Waals surface area contributed by atoms with Crippen LogP contribution >= 0.6 is 0 Å². The first-order valence-corrected chi connectivity index (χ1v) is 10.6. The number of aliphatic carboxylic acids is 1. The van der Waals surface area contributed by atoms with Gasteiger partial charge >= 0.3 is 12.1 Å². The fourth-order valence-corrected chi connectivity index (χ4v) is 4.19. The number of carbonyl (C=O) groups is 2. The van der Waals surface area contributed by atoms with E-state index in [1.807, 2.05) is 30.3 Å². The predicted molar refractivity (Wildman–Crippen MR) is 122 cm³/mol. The van der Waals surface area contributed by atoms with Gasteiger partial charge in [0.1, 0.15) is 12.4 Å². The Hall–Kier alpha value is -3.80. The molecule has 1 aliphatic rings. The van der Waals surface area contributed by atoms with Gasteiger partial charge in [-0.1, -0.05) is 54.6 Å². The van der Waals surface area contributed by atoms with Gasteiger partial charge < -0.3 is 14.6 Å². The number of methoxy groups -OCH3 is 1. The fourth-order valence-electron chi connectivity index (χ4n) is 4.19. The van der Waals surface area contributed by atoms with Crippen molar-refractivity contribution in [2.24, 2.45) is 0 Å². The number of benzene rings is 3. The minimum absolute atomic E-state index is 0.0199. The zero-order valence-electron chi connectivity index (χ0n) is 17.8. The SMILES string of the molecule is COc1ccc(CCCC(=O)O)c(NC(=O)OCC2c3ccccc3-c3ccccc32)c1. The highest BCUT2D eigenvalue weighted by Crippen LogP contribution is 2.44. The molecule has 0 aromatic heterocycles. The van der Waals surface area contributed by atoms with E-state index in [0.29, 0.717) is 24.3 Å². The van der Waals surface area contributed by atoms with Crippen LogP contribution < -0.4 is 10.1 Å². The van der Waals surface area contributed by atoms with Gasteiger partial charge in [-0.25, -0.2) is 4.79 Å². The lowest BCUT2D eigenvalue weighted by Gasteiger charge is -2.16. The van der Waals surface area contributed by atoms with E-state index in [-0.39, 0.29) is 18.9 Å². The first-order valence-electron chi connectivity index (χ1n) is 10.6. The Bertz CT molecular complexity index is 1100. The molecule has 6 nitrogen and oxygen atoms in total. The maximum Gasteiger partial charge on any atom is 0.411 e. The van der Waals surface area contributed by atoms with E-state index < -0.39 is 12.1 Å². The average Bonchev–Trinajstić information content (AvgIpc) is 3.12. The number of hydrogen-bond donors (Lipinski definition) is 2. The molecule has 0 unspecified atom stereocenters. The van der Waals surface area contributed by atoms with Crippen LogP contribution in [0.5, 0.6) is 5.75 Å². The summed E-state index contributed by atoms with van der Waals surface area (Å²) in [6, 6.07) is 21.7. The third-order valence-corrected chi connectivity index (χ3v) is 5.73. The van der Waals surface area contributed by atoms with Gasteiger partial charge in [-0.05, 0) is 46.7 Å². The molecule has 32 heavy (non-hydrogen) atoms. The Labute approximate surface area is 186 Å². The van der Waals surface area contributed by atoms with Crippen molar-refractivity contribution in [2.75, 3.05) is 19.0 Å². The van der Waals surface area contributed by atoms with Crippen LogP contribution in [-0.4, -0.2) is 30.9 Å². The summed E-state index contributed by atoms with van der Waals surface area (Å²) in [4.78, 5) is 23.5. The number of fused-ring (bicyclic) bond motifs is 3. The number of carboxylic acids is 1. The lowest BCUT2D eigenvalue weighted by molar-refractivity contribution is -0.137. The van der Waals surface area contributed by atoms with Gasteiger partial charge in [-0.3, -0.25) is 10.1 Å². The van der Waals surface area contributed by atoms with Gasteiger partial charge in [0.05, 0.1) is 12.8 Å². The second-order valence-electron chi connectivity index (χ2n) is 7.72. The molecule has 0 aliphatic heterocycles. The van der Waals surface area contributed by atoms with Gasteiger partial charge in [0.2, 0.25) is 0 Å². The van der Waals surface area contributed by atoms with Crippen LogP contribution in [-0.2, 0) is 16.0 Å². The van der Waals surface area contributed by atoms with Gasteiger partial charge in [0.25, 0.3) is 0 Å². The molecular formula is C26H25NO5. The van der Waals surface area contributed by atoms with Crippen LogP contribution in [0.25, 0.3) is 11.1 Å². The van der Waals surface area contributed by atoms with Crippen molar-refractivity contribution in [3.63, 3.8) is 0 Å². The largest absolute Gasteiger partial charge is 0.497 e. The van der Waals surface area contributed by atoms with Crippen LogP contribution in [0.3, 0.4) is 0 Å². The molecule has 0 fully saturated rings. The highest BCUT2D eigenvalue weighted by Gasteiger charge is 2.29.